The number of benzene rings is 1. The molecule has 2 heteroatoms. The lowest BCUT2D eigenvalue weighted by atomic mass is 10.1. The maximum Gasteiger partial charge on any atom is 0.0876 e. The van der Waals surface area contributed by atoms with E-state index in [1.165, 1.54) is 22.3 Å². The molecule has 1 aromatic carbocycles. The van der Waals surface area contributed by atoms with Gasteiger partial charge in [-0.15, -0.1) is 0 Å². The topological polar surface area (TPSA) is 17.3 Å². The fourth-order valence-electron chi connectivity index (χ4n) is 2.38. The van der Waals surface area contributed by atoms with Crippen LogP contribution in [0.3, 0.4) is 0 Å². The van der Waals surface area contributed by atoms with Crippen molar-refractivity contribution >= 4 is 16.6 Å². The molecule has 86 valence electrons. The van der Waals surface area contributed by atoms with Crippen LogP contribution in [0.4, 0.5) is 0 Å². The summed E-state index contributed by atoms with van der Waals surface area (Å²) in [5, 5.41) is 0. The SMILES string of the molecule is CCCc1nc2cc(C)ccc2n2cccc12. The van der Waals surface area contributed by atoms with Gasteiger partial charge in [-0.2, -0.15) is 0 Å². The van der Waals surface area contributed by atoms with Gasteiger partial charge in [-0.3, -0.25) is 0 Å². The van der Waals surface area contributed by atoms with E-state index in [1.807, 2.05) is 0 Å². The second kappa shape index (κ2) is 3.88. The van der Waals surface area contributed by atoms with E-state index < -0.39 is 0 Å². The van der Waals surface area contributed by atoms with Gasteiger partial charge in [-0.05, 0) is 43.2 Å². The Labute approximate surface area is 101 Å². The van der Waals surface area contributed by atoms with Crippen molar-refractivity contribution in [2.45, 2.75) is 26.7 Å². The van der Waals surface area contributed by atoms with Crippen LogP contribution in [-0.4, -0.2) is 9.38 Å². The van der Waals surface area contributed by atoms with Gasteiger partial charge in [0.1, 0.15) is 0 Å². The standard InChI is InChI=1S/C15H16N2/c1-3-5-12-14-6-4-9-17(14)15-8-7-11(2)10-13(15)16-12/h4,6-10H,3,5H2,1-2H3. The predicted molar refractivity (Wildman–Crippen MR) is 71.4 cm³/mol. The highest BCUT2D eigenvalue weighted by molar-refractivity contribution is 5.80. The highest BCUT2D eigenvalue weighted by Crippen LogP contribution is 2.20. The van der Waals surface area contributed by atoms with Crippen LogP contribution >= 0.6 is 0 Å². The van der Waals surface area contributed by atoms with Gasteiger partial charge in [0.25, 0.3) is 0 Å². The number of aryl methyl sites for hydroxylation is 2. The zero-order valence-corrected chi connectivity index (χ0v) is 10.3. The fraction of sp³-hybridized carbons (Fsp3) is 0.267. The van der Waals surface area contributed by atoms with Gasteiger partial charge < -0.3 is 4.40 Å². The molecule has 0 bridgehead atoms. The third-order valence-electron chi connectivity index (χ3n) is 3.18. The first kappa shape index (κ1) is 10.3. The lowest BCUT2D eigenvalue weighted by Gasteiger charge is -2.08. The van der Waals surface area contributed by atoms with Crippen LogP contribution in [0.5, 0.6) is 0 Å². The van der Waals surface area contributed by atoms with Crippen LogP contribution in [-0.2, 0) is 6.42 Å². The molecule has 2 aromatic heterocycles. The number of nitrogens with zero attached hydrogens (tertiary/aromatic N) is 2. The monoisotopic (exact) mass is 224 g/mol. The first-order valence-electron chi connectivity index (χ1n) is 6.16. The van der Waals surface area contributed by atoms with Crippen LogP contribution in [0.1, 0.15) is 24.6 Å². The predicted octanol–water partition coefficient (Wildman–Crippen LogP) is 3.75. The van der Waals surface area contributed by atoms with Crippen LogP contribution in [0, 0.1) is 6.92 Å². The van der Waals surface area contributed by atoms with Gasteiger partial charge in [-0.1, -0.05) is 19.4 Å². The quantitative estimate of drug-likeness (QED) is 0.648. The average molecular weight is 224 g/mol. The Morgan fingerprint density at radius 3 is 2.88 bits per heavy atom. The summed E-state index contributed by atoms with van der Waals surface area (Å²) in [6.45, 7) is 4.31. The Balaban J connectivity index is 2.42. The summed E-state index contributed by atoms with van der Waals surface area (Å²) in [4.78, 5) is 4.81. The van der Waals surface area contributed by atoms with Crippen LogP contribution in [0.2, 0.25) is 0 Å². The maximum absolute atomic E-state index is 4.81. The second-order valence-corrected chi connectivity index (χ2v) is 4.56. The van der Waals surface area contributed by atoms with Crippen molar-refractivity contribution < 1.29 is 0 Å². The maximum atomic E-state index is 4.81. The summed E-state index contributed by atoms with van der Waals surface area (Å²) in [6.07, 6.45) is 4.29. The number of hydrogen-bond acceptors (Lipinski definition) is 1. The smallest absolute Gasteiger partial charge is 0.0876 e. The molecule has 2 nitrogen and oxygen atoms in total. The van der Waals surface area contributed by atoms with Gasteiger partial charge in [0.05, 0.1) is 22.2 Å². The molecular weight excluding hydrogens is 208 g/mol. The van der Waals surface area contributed by atoms with E-state index in [1.54, 1.807) is 0 Å². The molecule has 2 heterocycles. The van der Waals surface area contributed by atoms with Crippen molar-refractivity contribution in [3.8, 4) is 0 Å². The van der Waals surface area contributed by atoms with Crippen molar-refractivity contribution in [1.82, 2.24) is 9.38 Å². The number of aromatic nitrogens is 2. The molecule has 3 rings (SSSR count). The third kappa shape index (κ3) is 1.60. The summed E-state index contributed by atoms with van der Waals surface area (Å²) >= 11 is 0. The molecule has 3 aromatic rings. The highest BCUT2D eigenvalue weighted by atomic mass is 14.9. The minimum Gasteiger partial charge on any atom is -0.313 e. The Morgan fingerprint density at radius 2 is 2.06 bits per heavy atom. The summed E-state index contributed by atoms with van der Waals surface area (Å²) in [6, 6.07) is 10.7. The van der Waals surface area contributed by atoms with E-state index in [-0.39, 0.29) is 0 Å². The van der Waals surface area contributed by atoms with Gasteiger partial charge >= 0.3 is 0 Å². The van der Waals surface area contributed by atoms with Gasteiger partial charge in [0.2, 0.25) is 0 Å². The highest BCUT2D eigenvalue weighted by Gasteiger charge is 2.07. The Bertz CT molecular complexity index is 680. The molecule has 0 fully saturated rings. The zero-order valence-electron chi connectivity index (χ0n) is 10.3. The molecule has 0 saturated carbocycles. The molecule has 0 spiro atoms. The molecule has 0 radical (unpaired) electrons. The molecule has 0 aliphatic heterocycles. The molecule has 0 aliphatic carbocycles. The molecule has 0 saturated heterocycles. The molecular formula is C15H16N2. The molecule has 0 aliphatic rings. The first-order chi connectivity index (χ1) is 8.29. The van der Waals surface area contributed by atoms with Crippen LogP contribution in [0.25, 0.3) is 16.6 Å². The lowest BCUT2D eigenvalue weighted by molar-refractivity contribution is 0.890. The van der Waals surface area contributed by atoms with E-state index >= 15 is 0 Å². The number of hydrogen-bond donors (Lipinski definition) is 0. The Hall–Kier alpha value is -1.83. The first-order valence-corrected chi connectivity index (χ1v) is 6.16. The third-order valence-corrected chi connectivity index (χ3v) is 3.18. The fourth-order valence-corrected chi connectivity index (χ4v) is 2.38. The summed E-state index contributed by atoms with van der Waals surface area (Å²) in [7, 11) is 0. The van der Waals surface area contributed by atoms with E-state index in [0.717, 1.165) is 18.4 Å². The lowest BCUT2D eigenvalue weighted by Crippen LogP contribution is -1.97. The number of fused-ring (bicyclic) bond motifs is 3. The average Bonchev–Trinajstić information content (AvgIpc) is 2.78. The van der Waals surface area contributed by atoms with Gasteiger partial charge in [0.15, 0.2) is 0 Å². The normalized spacial score (nSPS) is 11.4. The summed E-state index contributed by atoms with van der Waals surface area (Å²) in [5.41, 5.74) is 5.99. The number of rotatable bonds is 2. The minimum atomic E-state index is 1.04. The van der Waals surface area contributed by atoms with Crippen molar-refractivity contribution in [3.63, 3.8) is 0 Å². The molecule has 0 amide bonds. The minimum absolute atomic E-state index is 1.04. The molecule has 0 atom stereocenters. The van der Waals surface area contributed by atoms with Gasteiger partial charge in [0, 0.05) is 6.20 Å². The van der Waals surface area contributed by atoms with Crippen LogP contribution < -0.4 is 0 Å². The van der Waals surface area contributed by atoms with Crippen LogP contribution in [0.15, 0.2) is 36.5 Å². The van der Waals surface area contributed by atoms with E-state index in [2.05, 4.69) is 54.8 Å². The van der Waals surface area contributed by atoms with E-state index in [9.17, 15) is 0 Å². The Morgan fingerprint density at radius 1 is 1.18 bits per heavy atom. The van der Waals surface area contributed by atoms with Crippen molar-refractivity contribution in [1.29, 1.82) is 0 Å². The van der Waals surface area contributed by atoms with E-state index in [4.69, 9.17) is 4.98 Å². The molecule has 0 N–H and O–H groups in total. The van der Waals surface area contributed by atoms with Gasteiger partial charge in [-0.25, -0.2) is 4.98 Å². The largest absolute Gasteiger partial charge is 0.313 e. The van der Waals surface area contributed by atoms with Crippen molar-refractivity contribution in [3.05, 3.63) is 47.8 Å². The van der Waals surface area contributed by atoms with Crippen molar-refractivity contribution in [2.24, 2.45) is 0 Å². The Kier molecular flexibility index (Phi) is 2.36. The molecule has 17 heavy (non-hydrogen) atoms. The van der Waals surface area contributed by atoms with Crippen molar-refractivity contribution in [2.75, 3.05) is 0 Å². The van der Waals surface area contributed by atoms with E-state index in [0.29, 0.717) is 0 Å². The second-order valence-electron chi connectivity index (χ2n) is 4.56. The summed E-state index contributed by atoms with van der Waals surface area (Å²) < 4.78 is 2.24. The zero-order chi connectivity index (χ0) is 11.8. The summed E-state index contributed by atoms with van der Waals surface area (Å²) in [5.74, 6) is 0. The molecule has 0 unspecified atom stereocenters.